The van der Waals surface area contributed by atoms with Gasteiger partial charge in [-0.25, -0.2) is 0 Å². The average molecular weight is 997 g/mol. The maximum Gasteiger partial charge on any atom is 0.305 e. The number of aliphatic hydroxyl groups excluding tert-OH is 2. The number of rotatable bonds is 58. The molecule has 2 unspecified atom stereocenters. The third kappa shape index (κ3) is 57.0. The molecule has 0 aromatic carbocycles. The van der Waals surface area contributed by atoms with E-state index in [-0.39, 0.29) is 18.5 Å². The van der Waals surface area contributed by atoms with Crippen molar-refractivity contribution in [1.29, 1.82) is 0 Å². The number of aliphatic hydroxyl groups is 2. The number of unbranched alkanes of at least 4 members (excludes halogenated alkanes) is 41. The molecule has 416 valence electrons. The first-order valence-electron chi connectivity index (χ1n) is 31.4. The van der Waals surface area contributed by atoms with Gasteiger partial charge in [-0.1, -0.05) is 274 Å². The van der Waals surface area contributed by atoms with Crippen LogP contribution in [0.2, 0.25) is 0 Å². The summed E-state index contributed by atoms with van der Waals surface area (Å²) >= 11 is 0. The summed E-state index contributed by atoms with van der Waals surface area (Å²) in [5, 5.41) is 23.2. The van der Waals surface area contributed by atoms with Crippen LogP contribution in [-0.2, 0) is 14.3 Å². The lowest BCUT2D eigenvalue weighted by atomic mass is 10.0. The van der Waals surface area contributed by atoms with Gasteiger partial charge in [0.2, 0.25) is 5.91 Å². The SMILES string of the molecule is CCCCCC/C=C\C/C=C\CCCCCCCC(=O)OCCCCCCCCCC/C=C\CCCCCCCCCC(=O)NC(CO)C(O)/C=C/CCCCCCCCCCCCCCCCCCC. The molecular weight excluding hydrogens is 875 g/mol. The van der Waals surface area contributed by atoms with E-state index in [1.807, 2.05) is 6.08 Å². The minimum atomic E-state index is -0.852. The molecule has 6 nitrogen and oxygen atoms in total. The number of amides is 1. The fraction of sp³-hybridized carbons (Fsp3) is 0.846. The highest BCUT2D eigenvalue weighted by molar-refractivity contribution is 5.76. The minimum absolute atomic E-state index is 0.0104. The standard InChI is InChI=1S/C65H121NO5/c1-3-5-7-9-11-13-15-17-19-21-23-26-29-33-37-41-45-49-53-57-63(68)62(61-67)66-64(69)58-54-50-46-42-38-34-30-27-24-22-25-28-32-36-40-44-48-52-56-60-71-65(70)59-55-51-47-43-39-35-31-20-18-16-14-12-10-8-6-4-2/h14,16,20,22,24,31,53,57,62-63,67-68H,3-13,15,17-19,21,23,25-30,32-52,54-56,58-61H2,1-2H3,(H,66,69)/b16-14-,24-22-,31-20-,57-53+. The summed E-state index contributed by atoms with van der Waals surface area (Å²) in [6.45, 7) is 4.88. The van der Waals surface area contributed by atoms with Crippen LogP contribution in [-0.4, -0.2) is 47.4 Å². The van der Waals surface area contributed by atoms with Crippen LogP contribution in [0.1, 0.15) is 328 Å². The molecule has 0 aliphatic carbocycles. The number of allylic oxidation sites excluding steroid dienone is 7. The van der Waals surface area contributed by atoms with Gasteiger partial charge < -0.3 is 20.3 Å². The predicted molar refractivity (Wildman–Crippen MR) is 310 cm³/mol. The minimum Gasteiger partial charge on any atom is -0.466 e. The highest BCUT2D eigenvalue weighted by Crippen LogP contribution is 2.17. The lowest BCUT2D eigenvalue weighted by Crippen LogP contribution is -2.45. The Bertz CT molecular complexity index is 1190. The third-order valence-corrected chi connectivity index (χ3v) is 14.3. The molecule has 6 heteroatoms. The molecule has 0 saturated heterocycles. The number of esters is 1. The topological polar surface area (TPSA) is 95.9 Å². The summed E-state index contributed by atoms with van der Waals surface area (Å²) in [6, 6.07) is -0.637. The maximum atomic E-state index is 12.5. The van der Waals surface area contributed by atoms with Crippen LogP contribution >= 0.6 is 0 Å². The van der Waals surface area contributed by atoms with E-state index in [2.05, 4.69) is 55.6 Å². The highest BCUT2D eigenvalue weighted by atomic mass is 16.5. The molecule has 1 amide bonds. The highest BCUT2D eigenvalue weighted by Gasteiger charge is 2.18. The molecule has 0 aliphatic heterocycles. The first-order valence-corrected chi connectivity index (χ1v) is 31.4. The third-order valence-electron chi connectivity index (χ3n) is 14.3. The molecule has 0 fully saturated rings. The molecule has 3 N–H and O–H groups in total. The van der Waals surface area contributed by atoms with Gasteiger partial charge in [-0.3, -0.25) is 9.59 Å². The van der Waals surface area contributed by atoms with Gasteiger partial charge >= 0.3 is 5.97 Å². The summed E-state index contributed by atoms with van der Waals surface area (Å²) in [6.07, 6.45) is 77.1. The second-order valence-corrected chi connectivity index (χ2v) is 21.4. The summed E-state index contributed by atoms with van der Waals surface area (Å²) < 4.78 is 5.47. The van der Waals surface area contributed by atoms with Gasteiger partial charge in [0.25, 0.3) is 0 Å². The van der Waals surface area contributed by atoms with Crippen molar-refractivity contribution in [2.45, 2.75) is 341 Å². The zero-order chi connectivity index (χ0) is 51.4. The molecule has 0 saturated carbocycles. The van der Waals surface area contributed by atoms with E-state index in [0.29, 0.717) is 19.4 Å². The molecule has 0 spiro atoms. The quantitative estimate of drug-likeness (QED) is 0.0321. The van der Waals surface area contributed by atoms with E-state index in [0.717, 1.165) is 64.2 Å². The van der Waals surface area contributed by atoms with E-state index in [1.165, 1.54) is 238 Å². The van der Waals surface area contributed by atoms with Crippen LogP contribution in [0.5, 0.6) is 0 Å². The zero-order valence-corrected chi connectivity index (χ0v) is 47.5. The summed E-state index contributed by atoms with van der Waals surface area (Å²) in [5.41, 5.74) is 0. The molecule has 0 aromatic rings. The van der Waals surface area contributed by atoms with Crippen LogP contribution in [0.3, 0.4) is 0 Å². The summed E-state index contributed by atoms with van der Waals surface area (Å²) in [7, 11) is 0. The maximum absolute atomic E-state index is 12.5. The smallest absolute Gasteiger partial charge is 0.305 e. The zero-order valence-electron chi connectivity index (χ0n) is 47.5. The Morgan fingerprint density at radius 1 is 0.394 bits per heavy atom. The normalized spacial score (nSPS) is 12.9. The van der Waals surface area contributed by atoms with Crippen molar-refractivity contribution in [3.05, 3.63) is 48.6 Å². The van der Waals surface area contributed by atoms with Crippen LogP contribution in [0.15, 0.2) is 48.6 Å². The molecular formula is C65H121NO5. The monoisotopic (exact) mass is 996 g/mol. The summed E-state index contributed by atoms with van der Waals surface area (Å²) in [4.78, 5) is 24.6. The molecule has 71 heavy (non-hydrogen) atoms. The lowest BCUT2D eigenvalue weighted by molar-refractivity contribution is -0.143. The van der Waals surface area contributed by atoms with Crippen LogP contribution < -0.4 is 5.32 Å². The fourth-order valence-electron chi connectivity index (χ4n) is 9.48. The van der Waals surface area contributed by atoms with Gasteiger partial charge in [-0.15, -0.1) is 0 Å². The van der Waals surface area contributed by atoms with Crippen molar-refractivity contribution >= 4 is 11.9 Å². The van der Waals surface area contributed by atoms with Gasteiger partial charge in [0, 0.05) is 12.8 Å². The Morgan fingerprint density at radius 3 is 1.10 bits per heavy atom. The Morgan fingerprint density at radius 2 is 0.704 bits per heavy atom. The second kappa shape index (κ2) is 60.4. The molecule has 2 atom stereocenters. The van der Waals surface area contributed by atoms with Crippen molar-refractivity contribution < 1.29 is 24.5 Å². The Hall–Kier alpha value is -2.18. The van der Waals surface area contributed by atoms with Gasteiger partial charge in [0.05, 0.1) is 25.4 Å². The van der Waals surface area contributed by atoms with Gasteiger partial charge in [-0.05, 0) is 89.9 Å². The van der Waals surface area contributed by atoms with E-state index in [9.17, 15) is 19.8 Å². The molecule has 0 rings (SSSR count). The first kappa shape index (κ1) is 68.8. The number of carbonyl (C=O) groups is 2. The first-order chi connectivity index (χ1) is 35.0. The molecule has 0 aliphatic rings. The van der Waals surface area contributed by atoms with Gasteiger partial charge in [-0.2, -0.15) is 0 Å². The van der Waals surface area contributed by atoms with Crippen molar-refractivity contribution in [3.8, 4) is 0 Å². The van der Waals surface area contributed by atoms with Crippen molar-refractivity contribution in [2.75, 3.05) is 13.2 Å². The largest absolute Gasteiger partial charge is 0.466 e. The lowest BCUT2D eigenvalue weighted by Gasteiger charge is -2.20. The number of ether oxygens (including phenoxy) is 1. The molecule has 0 radical (unpaired) electrons. The fourth-order valence-corrected chi connectivity index (χ4v) is 9.48. The van der Waals surface area contributed by atoms with Crippen molar-refractivity contribution in [1.82, 2.24) is 5.32 Å². The number of carbonyl (C=O) groups excluding carboxylic acids is 2. The predicted octanol–water partition coefficient (Wildman–Crippen LogP) is 19.7. The van der Waals surface area contributed by atoms with Crippen molar-refractivity contribution in [2.24, 2.45) is 0 Å². The van der Waals surface area contributed by atoms with Crippen LogP contribution in [0, 0.1) is 0 Å². The Kier molecular flexibility index (Phi) is 58.5. The van der Waals surface area contributed by atoms with E-state index >= 15 is 0 Å². The number of hydrogen-bond donors (Lipinski definition) is 3. The molecule has 0 heterocycles. The Balaban J connectivity index is 3.48. The van der Waals surface area contributed by atoms with E-state index in [4.69, 9.17) is 4.74 Å². The summed E-state index contributed by atoms with van der Waals surface area (Å²) in [5.74, 6) is -0.0868. The van der Waals surface area contributed by atoms with Crippen LogP contribution in [0.25, 0.3) is 0 Å². The van der Waals surface area contributed by atoms with E-state index in [1.54, 1.807) is 6.08 Å². The number of nitrogens with one attached hydrogen (secondary N) is 1. The second-order valence-electron chi connectivity index (χ2n) is 21.4. The van der Waals surface area contributed by atoms with Crippen LogP contribution in [0.4, 0.5) is 0 Å². The molecule has 0 bridgehead atoms. The van der Waals surface area contributed by atoms with Gasteiger partial charge in [0.15, 0.2) is 0 Å². The molecule has 0 aromatic heterocycles. The number of hydrogen-bond acceptors (Lipinski definition) is 5. The van der Waals surface area contributed by atoms with Crippen molar-refractivity contribution in [3.63, 3.8) is 0 Å². The average Bonchev–Trinajstić information content (AvgIpc) is 3.37. The van der Waals surface area contributed by atoms with E-state index < -0.39 is 12.1 Å². The van der Waals surface area contributed by atoms with Gasteiger partial charge in [0.1, 0.15) is 0 Å². The Labute approximate surface area is 442 Å².